The van der Waals surface area contributed by atoms with Gasteiger partial charge in [0.25, 0.3) is 5.91 Å². The number of nitrogens with two attached hydrogens (primary N) is 2. The lowest BCUT2D eigenvalue weighted by Gasteiger charge is -2.15. The predicted octanol–water partition coefficient (Wildman–Crippen LogP) is 0.237. The number of ether oxygens (including phenoxy) is 1. The third-order valence-electron chi connectivity index (χ3n) is 2.98. The second-order valence-corrected chi connectivity index (χ2v) is 4.38. The molecule has 0 unspecified atom stereocenters. The van der Waals surface area contributed by atoms with Gasteiger partial charge in [0.2, 0.25) is 5.88 Å². The lowest BCUT2D eigenvalue weighted by Crippen LogP contribution is -2.25. The van der Waals surface area contributed by atoms with Gasteiger partial charge in [-0.15, -0.1) is 0 Å². The first-order valence-electron chi connectivity index (χ1n) is 6.07. The Labute approximate surface area is 106 Å². The van der Waals surface area contributed by atoms with Crippen LogP contribution in [0.4, 0.5) is 5.69 Å². The summed E-state index contributed by atoms with van der Waals surface area (Å²) in [7, 11) is 0. The summed E-state index contributed by atoms with van der Waals surface area (Å²) in [5.74, 6) is -0.318. The zero-order valence-corrected chi connectivity index (χ0v) is 10.3. The SMILES string of the molecule is NC(=O)c1cc(N)cnc1OCCN1CCCC1. The summed E-state index contributed by atoms with van der Waals surface area (Å²) in [6.45, 7) is 3.56. The number of rotatable bonds is 5. The summed E-state index contributed by atoms with van der Waals surface area (Å²) in [5, 5.41) is 0. The summed E-state index contributed by atoms with van der Waals surface area (Å²) in [4.78, 5) is 17.5. The number of primary amides is 1. The van der Waals surface area contributed by atoms with E-state index in [0.29, 0.717) is 12.3 Å². The van der Waals surface area contributed by atoms with Crippen LogP contribution in [-0.2, 0) is 0 Å². The van der Waals surface area contributed by atoms with Crippen molar-refractivity contribution in [3.63, 3.8) is 0 Å². The van der Waals surface area contributed by atoms with Crippen LogP contribution in [0.5, 0.6) is 5.88 Å². The van der Waals surface area contributed by atoms with Crippen LogP contribution in [0.1, 0.15) is 23.2 Å². The van der Waals surface area contributed by atoms with Gasteiger partial charge in [-0.2, -0.15) is 0 Å². The lowest BCUT2D eigenvalue weighted by atomic mass is 10.2. The van der Waals surface area contributed by atoms with Crippen LogP contribution in [0.25, 0.3) is 0 Å². The molecule has 0 bridgehead atoms. The Kier molecular flexibility index (Phi) is 3.99. The molecule has 0 radical (unpaired) electrons. The summed E-state index contributed by atoms with van der Waals surface area (Å²) in [6.07, 6.45) is 3.94. The molecular formula is C12H18N4O2. The normalized spacial score (nSPS) is 15.8. The largest absolute Gasteiger partial charge is 0.476 e. The van der Waals surface area contributed by atoms with Gasteiger partial charge in [-0.3, -0.25) is 9.69 Å². The van der Waals surface area contributed by atoms with Crippen molar-refractivity contribution >= 4 is 11.6 Å². The molecule has 1 aromatic rings. The van der Waals surface area contributed by atoms with Gasteiger partial charge < -0.3 is 16.2 Å². The molecule has 1 aliphatic heterocycles. The van der Waals surface area contributed by atoms with Crippen molar-refractivity contribution < 1.29 is 9.53 Å². The highest BCUT2D eigenvalue weighted by Crippen LogP contribution is 2.17. The first-order chi connectivity index (χ1) is 8.66. The van der Waals surface area contributed by atoms with E-state index in [-0.39, 0.29) is 11.4 Å². The molecule has 6 nitrogen and oxygen atoms in total. The molecule has 1 amide bonds. The van der Waals surface area contributed by atoms with E-state index in [1.165, 1.54) is 25.1 Å². The summed E-state index contributed by atoms with van der Waals surface area (Å²) in [6, 6.07) is 1.49. The van der Waals surface area contributed by atoms with Crippen molar-refractivity contribution in [3.8, 4) is 5.88 Å². The van der Waals surface area contributed by atoms with Gasteiger partial charge in [-0.1, -0.05) is 0 Å². The van der Waals surface area contributed by atoms with Gasteiger partial charge >= 0.3 is 0 Å². The Balaban J connectivity index is 1.93. The summed E-state index contributed by atoms with van der Waals surface area (Å²) >= 11 is 0. The Bertz CT molecular complexity index is 430. The Hall–Kier alpha value is -1.82. The van der Waals surface area contributed by atoms with Crippen LogP contribution in [-0.4, -0.2) is 42.0 Å². The van der Waals surface area contributed by atoms with Gasteiger partial charge in [-0.05, 0) is 32.0 Å². The average Bonchev–Trinajstić information content (AvgIpc) is 2.84. The second-order valence-electron chi connectivity index (χ2n) is 4.38. The number of amides is 1. The zero-order chi connectivity index (χ0) is 13.0. The molecule has 2 rings (SSSR count). The highest BCUT2D eigenvalue weighted by molar-refractivity contribution is 5.95. The number of hydrogen-bond donors (Lipinski definition) is 2. The molecule has 18 heavy (non-hydrogen) atoms. The standard InChI is InChI=1S/C12H18N4O2/c13-9-7-10(11(14)17)12(15-8-9)18-6-5-16-3-1-2-4-16/h7-8H,1-6,13H2,(H2,14,17). The van der Waals surface area contributed by atoms with Crippen molar-refractivity contribution in [2.24, 2.45) is 5.73 Å². The van der Waals surface area contributed by atoms with Crippen LogP contribution < -0.4 is 16.2 Å². The molecule has 1 saturated heterocycles. The number of nitrogen functional groups attached to an aromatic ring is 1. The van der Waals surface area contributed by atoms with Crippen LogP contribution in [0.3, 0.4) is 0 Å². The molecule has 6 heteroatoms. The number of carbonyl (C=O) groups is 1. The van der Waals surface area contributed by atoms with Crippen molar-refractivity contribution in [2.75, 3.05) is 32.0 Å². The molecule has 0 spiro atoms. The van der Waals surface area contributed by atoms with Crippen molar-refractivity contribution in [3.05, 3.63) is 17.8 Å². The smallest absolute Gasteiger partial charge is 0.254 e. The lowest BCUT2D eigenvalue weighted by molar-refractivity contribution is 0.0994. The predicted molar refractivity (Wildman–Crippen MR) is 68.3 cm³/mol. The first-order valence-corrected chi connectivity index (χ1v) is 6.07. The molecule has 1 aliphatic rings. The number of hydrogen-bond acceptors (Lipinski definition) is 5. The van der Waals surface area contributed by atoms with E-state index in [4.69, 9.17) is 16.2 Å². The number of pyridine rings is 1. The van der Waals surface area contributed by atoms with Crippen LogP contribution in [0, 0.1) is 0 Å². The first kappa shape index (κ1) is 12.6. The van der Waals surface area contributed by atoms with E-state index >= 15 is 0 Å². The molecule has 0 atom stereocenters. The molecule has 0 saturated carbocycles. The fourth-order valence-corrected chi connectivity index (χ4v) is 2.04. The van der Waals surface area contributed by atoms with Crippen LogP contribution >= 0.6 is 0 Å². The van der Waals surface area contributed by atoms with Gasteiger partial charge in [-0.25, -0.2) is 4.98 Å². The Morgan fingerprint density at radius 1 is 1.44 bits per heavy atom. The fraction of sp³-hybridized carbons (Fsp3) is 0.500. The van der Waals surface area contributed by atoms with Gasteiger partial charge in [0.1, 0.15) is 12.2 Å². The van der Waals surface area contributed by atoms with Gasteiger partial charge in [0, 0.05) is 6.54 Å². The number of anilines is 1. The molecule has 2 heterocycles. The number of carbonyl (C=O) groups excluding carboxylic acids is 1. The maximum absolute atomic E-state index is 11.2. The van der Waals surface area contributed by atoms with Crippen molar-refractivity contribution in [2.45, 2.75) is 12.8 Å². The summed E-state index contributed by atoms with van der Waals surface area (Å²) in [5.41, 5.74) is 11.4. The quantitative estimate of drug-likeness (QED) is 0.780. The second kappa shape index (κ2) is 5.68. The van der Waals surface area contributed by atoms with E-state index in [2.05, 4.69) is 9.88 Å². The molecule has 98 valence electrons. The number of aromatic nitrogens is 1. The number of likely N-dealkylation sites (tertiary alicyclic amines) is 1. The molecule has 4 N–H and O–H groups in total. The minimum Gasteiger partial charge on any atom is -0.476 e. The van der Waals surface area contributed by atoms with Crippen molar-refractivity contribution in [1.82, 2.24) is 9.88 Å². The number of nitrogens with zero attached hydrogens (tertiary/aromatic N) is 2. The third kappa shape index (κ3) is 3.10. The third-order valence-corrected chi connectivity index (χ3v) is 2.98. The topological polar surface area (TPSA) is 94.5 Å². The summed E-state index contributed by atoms with van der Waals surface area (Å²) < 4.78 is 5.51. The van der Waals surface area contributed by atoms with Crippen molar-refractivity contribution in [1.29, 1.82) is 0 Å². The maximum atomic E-state index is 11.2. The molecule has 1 fully saturated rings. The monoisotopic (exact) mass is 250 g/mol. The van der Waals surface area contributed by atoms with Gasteiger partial charge in [0.15, 0.2) is 0 Å². The van der Waals surface area contributed by atoms with Gasteiger partial charge in [0.05, 0.1) is 11.9 Å². The average molecular weight is 250 g/mol. The van der Waals surface area contributed by atoms with Crippen LogP contribution in [0.2, 0.25) is 0 Å². The zero-order valence-electron chi connectivity index (χ0n) is 10.3. The minimum absolute atomic E-state index is 0.233. The Morgan fingerprint density at radius 3 is 2.83 bits per heavy atom. The highest BCUT2D eigenvalue weighted by atomic mass is 16.5. The van der Waals surface area contributed by atoms with E-state index in [1.54, 1.807) is 0 Å². The Morgan fingerprint density at radius 2 is 2.17 bits per heavy atom. The molecule has 0 aromatic carbocycles. The maximum Gasteiger partial charge on any atom is 0.254 e. The fourth-order valence-electron chi connectivity index (χ4n) is 2.04. The van der Waals surface area contributed by atoms with E-state index in [1.807, 2.05) is 0 Å². The van der Waals surface area contributed by atoms with E-state index in [0.717, 1.165) is 19.6 Å². The minimum atomic E-state index is -0.578. The van der Waals surface area contributed by atoms with Crippen LogP contribution in [0.15, 0.2) is 12.3 Å². The molecular weight excluding hydrogens is 232 g/mol. The molecule has 1 aromatic heterocycles. The molecule has 0 aliphatic carbocycles. The van der Waals surface area contributed by atoms with E-state index < -0.39 is 5.91 Å². The van der Waals surface area contributed by atoms with E-state index in [9.17, 15) is 4.79 Å². The highest BCUT2D eigenvalue weighted by Gasteiger charge is 2.14.